The number of hydrazone groups is 1. The zero-order chi connectivity index (χ0) is 28.2. The van der Waals surface area contributed by atoms with Crippen LogP contribution in [0.2, 0.25) is 5.02 Å². The Balaban J connectivity index is 1.54. The number of sulfonamides is 1. The number of hydrogen-bond acceptors (Lipinski definition) is 7. The molecular formula is C27H26ClN5O5S. The summed E-state index contributed by atoms with van der Waals surface area (Å²) in [5.74, 6) is 0.788. The maximum absolute atomic E-state index is 12.8. The highest BCUT2D eigenvalue weighted by Gasteiger charge is 2.22. The molecule has 0 aliphatic carbocycles. The van der Waals surface area contributed by atoms with E-state index < -0.39 is 20.6 Å². The van der Waals surface area contributed by atoms with Crippen molar-refractivity contribution in [1.29, 1.82) is 0 Å². The molecule has 4 rings (SSSR count). The van der Waals surface area contributed by atoms with Gasteiger partial charge in [0.25, 0.3) is 15.7 Å². The molecule has 0 radical (unpaired) electrons. The molecule has 0 aliphatic heterocycles. The van der Waals surface area contributed by atoms with Gasteiger partial charge in [-0.1, -0.05) is 11.6 Å². The number of hydrogen-bond donors (Lipinski definition) is 2. The SMILES string of the molecule is CCOc1ccc(-n2c(C)cc(/C=N\Nc3ccc(S(=O)(=O)Nc4ccc(Cl)cc4)cc3[N+](=O)[O-])c2C)cc1. The van der Waals surface area contributed by atoms with E-state index in [2.05, 4.69) is 19.8 Å². The van der Waals surface area contributed by atoms with E-state index in [1.807, 2.05) is 51.1 Å². The van der Waals surface area contributed by atoms with Gasteiger partial charge in [-0.25, -0.2) is 8.42 Å². The Morgan fingerprint density at radius 3 is 2.38 bits per heavy atom. The summed E-state index contributed by atoms with van der Waals surface area (Å²) >= 11 is 5.84. The van der Waals surface area contributed by atoms with E-state index in [-0.39, 0.29) is 16.3 Å². The first kappa shape index (κ1) is 27.7. The van der Waals surface area contributed by atoms with E-state index >= 15 is 0 Å². The first-order chi connectivity index (χ1) is 18.6. The molecule has 39 heavy (non-hydrogen) atoms. The van der Waals surface area contributed by atoms with Crippen molar-refractivity contribution >= 4 is 44.9 Å². The fraction of sp³-hybridized carbons (Fsp3) is 0.148. The largest absolute Gasteiger partial charge is 0.494 e. The fourth-order valence-electron chi connectivity index (χ4n) is 4.00. The monoisotopic (exact) mass is 567 g/mol. The third-order valence-electron chi connectivity index (χ3n) is 5.84. The van der Waals surface area contributed by atoms with Crippen molar-refractivity contribution in [2.75, 3.05) is 16.8 Å². The Morgan fingerprint density at radius 2 is 1.74 bits per heavy atom. The van der Waals surface area contributed by atoms with Gasteiger partial charge in [-0.3, -0.25) is 20.3 Å². The van der Waals surface area contributed by atoms with E-state index in [0.29, 0.717) is 11.6 Å². The third-order valence-corrected chi connectivity index (χ3v) is 7.47. The van der Waals surface area contributed by atoms with Crippen LogP contribution in [-0.2, 0) is 10.0 Å². The number of anilines is 2. The van der Waals surface area contributed by atoms with Gasteiger partial charge in [-0.2, -0.15) is 5.10 Å². The molecule has 0 aliphatic rings. The van der Waals surface area contributed by atoms with Gasteiger partial charge in [-0.05, 0) is 87.5 Å². The number of rotatable bonds is 10. The van der Waals surface area contributed by atoms with Crippen molar-refractivity contribution in [2.45, 2.75) is 25.7 Å². The first-order valence-corrected chi connectivity index (χ1v) is 13.7. The lowest BCUT2D eigenvalue weighted by atomic mass is 10.2. The molecule has 0 saturated heterocycles. The smallest absolute Gasteiger partial charge is 0.295 e. The van der Waals surface area contributed by atoms with Crippen molar-refractivity contribution in [3.63, 3.8) is 0 Å². The standard InChI is InChI=1S/C27H26ClN5O5S/c1-4-38-24-11-9-23(10-12-24)32-18(2)15-20(19(32)3)17-29-30-26-14-13-25(16-27(26)33(34)35)39(36,37)31-22-7-5-21(28)6-8-22/h5-17,30-31H,4H2,1-3H3/b29-17-. The normalized spacial score (nSPS) is 11.5. The lowest BCUT2D eigenvalue weighted by molar-refractivity contribution is -0.384. The summed E-state index contributed by atoms with van der Waals surface area (Å²) < 4.78 is 35.5. The molecule has 1 heterocycles. The topological polar surface area (TPSA) is 128 Å². The van der Waals surface area contributed by atoms with Crippen LogP contribution >= 0.6 is 11.6 Å². The number of nitro groups is 1. The molecule has 4 aromatic rings. The van der Waals surface area contributed by atoms with Gasteiger partial charge in [0.15, 0.2) is 0 Å². The number of aromatic nitrogens is 1. The first-order valence-electron chi connectivity index (χ1n) is 11.9. The maximum atomic E-state index is 12.8. The molecule has 1 aromatic heterocycles. The predicted octanol–water partition coefficient (Wildman–Crippen LogP) is 6.30. The molecule has 0 amide bonds. The molecule has 0 bridgehead atoms. The van der Waals surface area contributed by atoms with Gasteiger partial charge in [0.1, 0.15) is 11.4 Å². The van der Waals surface area contributed by atoms with Crippen molar-refractivity contribution in [3.05, 3.63) is 105 Å². The average molecular weight is 568 g/mol. The highest BCUT2D eigenvalue weighted by atomic mass is 35.5. The molecule has 0 spiro atoms. The summed E-state index contributed by atoms with van der Waals surface area (Å²) in [4.78, 5) is 10.8. The molecule has 3 aromatic carbocycles. The molecule has 0 atom stereocenters. The zero-order valence-electron chi connectivity index (χ0n) is 21.4. The summed E-state index contributed by atoms with van der Waals surface area (Å²) in [5, 5.41) is 16.4. The number of aryl methyl sites for hydroxylation is 1. The minimum Gasteiger partial charge on any atom is -0.494 e. The van der Waals surface area contributed by atoms with Crippen LogP contribution in [0.3, 0.4) is 0 Å². The van der Waals surface area contributed by atoms with E-state index in [1.54, 1.807) is 6.21 Å². The Morgan fingerprint density at radius 1 is 1.05 bits per heavy atom. The number of nitro benzene ring substituents is 1. The van der Waals surface area contributed by atoms with Crippen molar-refractivity contribution in [2.24, 2.45) is 5.10 Å². The van der Waals surface area contributed by atoms with Crippen LogP contribution in [-0.4, -0.2) is 30.7 Å². The summed E-state index contributed by atoms with van der Waals surface area (Å²) in [6.07, 6.45) is 1.56. The van der Waals surface area contributed by atoms with Crippen LogP contribution in [0.5, 0.6) is 5.75 Å². The van der Waals surface area contributed by atoms with Crippen LogP contribution in [0.15, 0.2) is 82.8 Å². The highest BCUT2D eigenvalue weighted by Crippen LogP contribution is 2.29. The number of nitrogens with zero attached hydrogens (tertiary/aromatic N) is 3. The zero-order valence-corrected chi connectivity index (χ0v) is 23.0. The Labute approximate surface area is 231 Å². The van der Waals surface area contributed by atoms with Crippen LogP contribution in [0, 0.1) is 24.0 Å². The van der Waals surface area contributed by atoms with Crippen LogP contribution in [0.4, 0.5) is 17.1 Å². The van der Waals surface area contributed by atoms with Crippen molar-refractivity contribution < 1.29 is 18.1 Å². The molecule has 0 fully saturated rings. The lowest BCUT2D eigenvalue weighted by Gasteiger charge is -2.11. The number of benzene rings is 3. The van der Waals surface area contributed by atoms with Gasteiger partial charge in [0.05, 0.1) is 22.6 Å². The summed E-state index contributed by atoms with van der Waals surface area (Å²) in [6.45, 7) is 6.43. The Bertz CT molecular complexity index is 1630. The Kier molecular flexibility index (Phi) is 8.22. The molecule has 202 valence electrons. The Hall–Kier alpha value is -4.35. The summed E-state index contributed by atoms with van der Waals surface area (Å²) in [6, 6.07) is 19.3. The van der Waals surface area contributed by atoms with Gasteiger partial charge in [0, 0.05) is 39.4 Å². The summed E-state index contributed by atoms with van der Waals surface area (Å²) in [7, 11) is -4.08. The number of nitrogens with one attached hydrogen (secondary N) is 2. The molecule has 12 heteroatoms. The van der Waals surface area contributed by atoms with E-state index in [4.69, 9.17) is 16.3 Å². The van der Waals surface area contributed by atoms with Crippen LogP contribution < -0.4 is 14.9 Å². The predicted molar refractivity (Wildman–Crippen MR) is 153 cm³/mol. The maximum Gasteiger partial charge on any atom is 0.295 e. The second-order valence-electron chi connectivity index (χ2n) is 8.51. The van der Waals surface area contributed by atoms with Crippen molar-refractivity contribution in [1.82, 2.24) is 4.57 Å². The molecule has 0 saturated carbocycles. The molecule has 0 unspecified atom stereocenters. The number of halogens is 1. The molecule has 10 nitrogen and oxygen atoms in total. The molecule has 2 N–H and O–H groups in total. The highest BCUT2D eigenvalue weighted by molar-refractivity contribution is 7.92. The molecular weight excluding hydrogens is 542 g/mol. The fourth-order valence-corrected chi connectivity index (χ4v) is 5.21. The van der Waals surface area contributed by atoms with Gasteiger partial charge in [0.2, 0.25) is 0 Å². The third kappa shape index (κ3) is 6.39. The minimum absolute atomic E-state index is 0.0435. The minimum atomic E-state index is -4.08. The van der Waals surface area contributed by atoms with Gasteiger partial charge < -0.3 is 9.30 Å². The van der Waals surface area contributed by atoms with E-state index in [1.165, 1.54) is 36.4 Å². The van der Waals surface area contributed by atoms with Gasteiger partial charge in [-0.15, -0.1) is 0 Å². The quantitative estimate of drug-likeness (QED) is 0.131. The van der Waals surface area contributed by atoms with Gasteiger partial charge >= 0.3 is 0 Å². The number of ether oxygens (including phenoxy) is 1. The van der Waals surface area contributed by atoms with Crippen LogP contribution in [0.25, 0.3) is 5.69 Å². The second kappa shape index (κ2) is 11.6. The lowest BCUT2D eigenvalue weighted by Crippen LogP contribution is -2.13. The average Bonchev–Trinajstić information content (AvgIpc) is 3.18. The van der Waals surface area contributed by atoms with E-state index in [0.717, 1.165) is 34.5 Å². The summed E-state index contributed by atoms with van der Waals surface area (Å²) in [5.41, 5.74) is 6.21. The van der Waals surface area contributed by atoms with Crippen molar-refractivity contribution in [3.8, 4) is 11.4 Å². The van der Waals surface area contributed by atoms with E-state index in [9.17, 15) is 18.5 Å². The van der Waals surface area contributed by atoms with Crippen LogP contribution in [0.1, 0.15) is 23.9 Å². The second-order valence-corrected chi connectivity index (χ2v) is 10.6.